The van der Waals surface area contributed by atoms with E-state index < -0.39 is 0 Å². The first kappa shape index (κ1) is 14.0. The molecule has 4 nitrogen and oxygen atoms in total. The third kappa shape index (κ3) is 2.75. The van der Waals surface area contributed by atoms with Crippen molar-refractivity contribution in [1.82, 2.24) is 15.1 Å². The Kier molecular flexibility index (Phi) is 3.84. The number of rotatable bonds is 5. The zero-order chi connectivity index (χ0) is 14.3. The highest BCUT2D eigenvalue weighted by Gasteiger charge is 2.36. The molecule has 0 bridgehead atoms. The lowest BCUT2D eigenvalue weighted by atomic mass is 10.2. The van der Waals surface area contributed by atoms with Crippen LogP contribution in [0.3, 0.4) is 0 Å². The van der Waals surface area contributed by atoms with Crippen LogP contribution in [0.2, 0.25) is 0 Å². The summed E-state index contributed by atoms with van der Waals surface area (Å²) in [5.74, 6) is 0.220. The van der Waals surface area contributed by atoms with Gasteiger partial charge in [0, 0.05) is 28.4 Å². The second-order valence-electron chi connectivity index (χ2n) is 6.02. The summed E-state index contributed by atoms with van der Waals surface area (Å²) in [5.41, 5.74) is 0. The average molecular weight is 293 g/mol. The molecule has 2 atom stereocenters. The maximum atomic E-state index is 12.2. The largest absolute Gasteiger partial charge is 0.319 e. The fraction of sp³-hybridized carbons (Fsp3) is 0.667. The Morgan fingerprint density at radius 1 is 1.50 bits per heavy atom. The third-order valence-corrected chi connectivity index (χ3v) is 5.44. The summed E-state index contributed by atoms with van der Waals surface area (Å²) in [6, 6.07) is 5.41. The predicted octanol–water partition coefficient (Wildman–Crippen LogP) is 1.97. The Hall–Kier alpha value is -0.910. The van der Waals surface area contributed by atoms with Gasteiger partial charge in [-0.2, -0.15) is 0 Å². The van der Waals surface area contributed by atoms with Crippen LogP contribution in [0.1, 0.15) is 35.7 Å². The molecule has 1 aliphatic carbocycles. The highest BCUT2D eigenvalue weighted by molar-refractivity contribution is 7.12. The van der Waals surface area contributed by atoms with E-state index in [1.54, 1.807) is 11.3 Å². The normalized spacial score (nSPS) is 24.7. The Labute approximate surface area is 124 Å². The predicted molar refractivity (Wildman–Crippen MR) is 81.8 cm³/mol. The van der Waals surface area contributed by atoms with E-state index in [4.69, 9.17) is 0 Å². The van der Waals surface area contributed by atoms with E-state index >= 15 is 0 Å². The quantitative estimate of drug-likeness (QED) is 0.901. The minimum atomic E-state index is 0.0660. The molecule has 5 heteroatoms. The molecule has 0 radical (unpaired) electrons. The van der Waals surface area contributed by atoms with Gasteiger partial charge in [-0.15, -0.1) is 11.3 Å². The van der Waals surface area contributed by atoms with Crippen LogP contribution in [0.4, 0.5) is 0 Å². The molecule has 1 aromatic rings. The van der Waals surface area contributed by atoms with Crippen LogP contribution >= 0.6 is 11.3 Å². The van der Waals surface area contributed by atoms with Gasteiger partial charge >= 0.3 is 0 Å². The smallest absolute Gasteiger partial charge is 0.238 e. The van der Waals surface area contributed by atoms with Crippen LogP contribution in [0.25, 0.3) is 0 Å². The van der Waals surface area contributed by atoms with Crippen molar-refractivity contribution in [3.05, 3.63) is 21.9 Å². The highest BCUT2D eigenvalue weighted by atomic mass is 32.1. The first-order chi connectivity index (χ1) is 9.56. The molecule has 2 heterocycles. The Bertz CT molecular complexity index is 497. The molecule has 3 rings (SSSR count). The molecule has 1 aromatic heterocycles. The molecule has 2 unspecified atom stereocenters. The topological polar surface area (TPSA) is 35.6 Å². The molecule has 1 amide bonds. The number of nitrogens with one attached hydrogen (secondary N) is 1. The summed E-state index contributed by atoms with van der Waals surface area (Å²) in [6.07, 6.45) is 2.68. The van der Waals surface area contributed by atoms with Crippen LogP contribution in [-0.4, -0.2) is 47.9 Å². The lowest BCUT2D eigenvalue weighted by Crippen LogP contribution is -2.43. The second kappa shape index (κ2) is 5.47. The second-order valence-corrected chi connectivity index (χ2v) is 7.34. The minimum Gasteiger partial charge on any atom is -0.319 e. The Morgan fingerprint density at radius 3 is 2.85 bits per heavy atom. The van der Waals surface area contributed by atoms with Gasteiger partial charge in [0.25, 0.3) is 0 Å². The molecule has 1 N–H and O–H groups in total. The van der Waals surface area contributed by atoms with Crippen LogP contribution in [0.15, 0.2) is 12.1 Å². The summed E-state index contributed by atoms with van der Waals surface area (Å²) in [5, 5.41) is 3.34. The third-order valence-electron chi connectivity index (χ3n) is 4.39. The van der Waals surface area contributed by atoms with Gasteiger partial charge in [-0.25, -0.2) is 0 Å². The highest BCUT2D eigenvalue weighted by Crippen LogP contribution is 2.31. The SMILES string of the molecule is Cc1ccc(C2NCC(=O)N2CC(C)N(C)C2CC2)s1. The van der Waals surface area contributed by atoms with E-state index in [1.807, 2.05) is 4.90 Å². The zero-order valence-electron chi connectivity index (χ0n) is 12.4. The van der Waals surface area contributed by atoms with E-state index in [0.717, 1.165) is 12.6 Å². The Morgan fingerprint density at radius 2 is 2.25 bits per heavy atom. The number of carbonyl (C=O) groups excluding carboxylic acids is 1. The molecule has 2 fully saturated rings. The van der Waals surface area contributed by atoms with E-state index in [9.17, 15) is 4.79 Å². The summed E-state index contributed by atoms with van der Waals surface area (Å²) in [4.78, 5) is 19.1. The summed E-state index contributed by atoms with van der Waals surface area (Å²) in [7, 11) is 2.18. The summed E-state index contributed by atoms with van der Waals surface area (Å²) < 4.78 is 0. The van der Waals surface area contributed by atoms with Crippen molar-refractivity contribution in [1.29, 1.82) is 0 Å². The summed E-state index contributed by atoms with van der Waals surface area (Å²) >= 11 is 1.77. The molecule has 110 valence electrons. The number of aryl methyl sites for hydroxylation is 1. The number of likely N-dealkylation sites (N-methyl/N-ethyl adjacent to an activating group) is 1. The number of thiophene rings is 1. The van der Waals surface area contributed by atoms with Crippen LogP contribution in [0, 0.1) is 6.92 Å². The molecule has 20 heavy (non-hydrogen) atoms. The maximum absolute atomic E-state index is 12.2. The van der Waals surface area contributed by atoms with E-state index in [1.165, 1.54) is 22.6 Å². The minimum absolute atomic E-state index is 0.0660. The molecular formula is C15H23N3OS. The van der Waals surface area contributed by atoms with Crippen molar-refractivity contribution < 1.29 is 4.79 Å². The fourth-order valence-electron chi connectivity index (χ4n) is 2.86. The van der Waals surface area contributed by atoms with Gasteiger partial charge in [0.15, 0.2) is 0 Å². The van der Waals surface area contributed by atoms with Crippen LogP contribution in [0.5, 0.6) is 0 Å². The van der Waals surface area contributed by atoms with Crippen molar-refractivity contribution in [2.75, 3.05) is 20.1 Å². The van der Waals surface area contributed by atoms with Crippen molar-refractivity contribution in [2.24, 2.45) is 0 Å². The van der Waals surface area contributed by atoms with Gasteiger partial charge in [-0.1, -0.05) is 0 Å². The standard InChI is InChI=1S/C15H23N3OS/c1-10(17(3)12-5-6-12)9-18-14(19)8-16-15(18)13-7-4-11(2)20-13/h4,7,10,12,15-16H,5-6,8-9H2,1-3H3. The molecular weight excluding hydrogens is 270 g/mol. The van der Waals surface area contributed by atoms with Gasteiger partial charge in [0.05, 0.1) is 6.54 Å². The van der Waals surface area contributed by atoms with E-state index in [2.05, 4.69) is 43.2 Å². The Balaban J connectivity index is 1.70. The van der Waals surface area contributed by atoms with Crippen molar-refractivity contribution in [2.45, 2.75) is 44.9 Å². The molecule has 1 saturated carbocycles. The lowest BCUT2D eigenvalue weighted by molar-refractivity contribution is -0.128. The number of carbonyl (C=O) groups is 1. The number of hydrogen-bond acceptors (Lipinski definition) is 4. The van der Waals surface area contributed by atoms with Gasteiger partial charge < -0.3 is 4.90 Å². The van der Waals surface area contributed by atoms with Gasteiger partial charge in [-0.05, 0) is 45.9 Å². The molecule has 0 spiro atoms. The average Bonchev–Trinajstić information content (AvgIpc) is 3.10. The van der Waals surface area contributed by atoms with Crippen LogP contribution in [-0.2, 0) is 4.79 Å². The van der Waals surface area contributed by atoms with Crippen molar-refractivity contribution >= 4 is 17.2 Å². The van der Waals surface area contributed by atoms with Crippen molar-refractivity contribution in [3.63, 3.8) is 0 Å². The number of nitrogens with zero attached hydrogens (tertiary/aromatic N) is 2. The summed E-state index contributed by atoms with van der Waals surface area (Å²) in [6.45, 7) is 5.60. The monoisotopic (exact) mass is 293 g/mol. The lowest BCUT2D eigenvalue weighted by Gasteiger charge is -2.31. The molecule has 0 aromatic carbocycles. The number of amides is 1. The molecule has 1 aliphatic heterocycles. The maximum Gasteiger partial charge on any atom is 0.238 e. The van der Waals surface area contributed by atoms with Crippen molar-refractivity contribution in [3.8, 4) is 0 Å². The first-order valence-corrected chi connectivity index (χ1v) is 8.19. The van der Waals surface area contributed by atoms with E-state index in [-0.39, 0.29) is 12.1 Å². The molecule has 1 saturated heterocycles. The van der Waals surface area contributed by atoms with E-state index in [0.29, 0.717) is 12.6 Å². The fourth-order valence-corrected chi connectivity index (χ4v) is 3.82. The number of hydrogen-bond donors (Lipinski definition) is 1. The van der Waals surface area contributed by atoms with Crippen LogP contribution < -0.4 is 5.32 Å². The van der Waals surface area contributed by atoms with Gasteiger partial charge in [0.1, 0.15) is 6.17 Å². The first-order valence-electron chi connectivity index (χ1n) is 7.37. The van der Waals surface area contributed by atoms with Gasteiger partial charge in [-0.3, -0.25) is 15.0 Å². The zero-order valence-corrected chi connectivity index (χ0v) is 13.2. The molecule has 2 aliphatic rings. The van der Waals surface area contributed by atoms with Gasteiger partial charge in [0.2, 0.25) is 5.91 Å².